The number of hydrogen-bond donors (Lipinski definition) is 2. The summed E-state index contributed by atoms with van der Waals surface area (Å²) in [6.45, 7) is -0.110. The average Bonchev–Trinajstić information content (AvgIpc) is 2.86. The zero-order valence-electron chi connectivity index (χ0n) is 11.3. The lowest BCUT2D eigenvalue weighted by Crippen LogP contribution is -2.51. The predicted molar refractivity (Wildman–Crippen MR) is 68.7 cm³/mol. The van der Waals surface area contributed by atoms with Gasteiger partial charge in [0.25, 0.3) is 0 Å². The number of ether oxygens (including phenoxy) is 2. The van der Waals surface area contributed by atoms with Crippen molar-refractivity contribution in [3.05, 3.63) is 24.3 Å². The fraction of sp³-hybridized carbons (Fsp3) is 0.500. The highest BCUT2D eigenvalue weighted by Gasteiger charge is 2.38. The van der Waals surface area contributed by atoms with Crippen molar-refractivity contribution < 1.29 is 36.2 Å². The SMILES string of the molecule is O=S(=O)(NC1(CO)CCOC1)c1ccc(OC(F)(F)F)cc1. The van der Waals surface area contributed by atoms with E-state index in [9.17, 15) is 26.7 Å². The Kier molecular flexibility index (Phi) is 4.66. The van der Waals surface area contributed by atoms with E-state index in [-0.39, 0.29) is 11.5 Å². The van der Waals surface area contributed by atoms with Gasteiger partial charge < -0.3 is 14.6 Å². The standard InChI is InChI=1S/C12H14F3NO5S/c13-12(14,15)21-9-1-3-10(4-2-9)22(18,19)16-11(7-17)5-6-20-8-11/h1-4,16-17H,5-8H2. The molecule has 1 unspecified atom stereocenters. The van der Waals surface area contributed by atoms with E-state index in [1.165, 1.54) is 0 Å². The first-order valence-electron chi connectivity index (χ1n) is 6.24. The minimum atomic E-state index is -4.85. The van der Waals surface area contributed by atoms with E-state index in [2.05, 4.69) is 9.46 Å². The van der Waals surface area contributed by atoms with Crippen LogP contribution in [0.4, 0.5) is 13.2 Å². The Hall–Kier alpha value is -1.36. The number of alkyl halides is 3. The van der Waals surface area contributed by atoms with Crippen molar-refractivity contribution in [2.75, 3.05) is 19.8 Å². The van der Waals surface area contributed by atoms with Gasteiger partial charge >= 0.3 is 6.36 Å². The van der Waals surface area contributed by atoms with E-state index in [1.807, 2.05) is 0 Å². The third kappa shape index (κ3) is 4.09. The predicted octanol–water partition coefficient (Wildman–Crippen LogP) is 1.01. The van der Waals surface area contributed by atoms with Gasteiger partial charge in [0.15, 0.2) is 0 Å². The van der Waals surface area contributed by atoms with Gasteiger partial charge in [-0.25, -0.2) is 13.1 Å². The summed E-state index contributed by atoms with van der Waals surface area (Å²) < 4.78 is 71.6. The summed E-state index contributed by atoms with van der Waals surface area (Å²) in [5, 5.41) is 9.35. The van der Waals surface area contributed by atoms with Gasteiger partial charge in [-0.1, -0.05) is 0 Å². The molecule has 6 nitrogen and oxygen atoms in total. The summed E-state index contributed by atoms with van der Waals surface area (Å²) in [6, 6.07) is 3.78. The molecule has 1 aromatic rings. The second-order valence-electron chi connectivity index (χ2n) is 4.87. The van der Waals surface area contributed by atoms with Crippen LogP contribution in [0.2, 0.25) is 0 Å². The first kappa shape index (κ1) is 17.0. The second-order valence-corrected chi connectivity index (χ2v) is 6.55. The topological polar surface area (TPSA) is 84.9 Å². The molecule has 0 bridgehead atoms. The van der Waals surface area contributed by atoms with Gasteiger partial charge in [0.1, 0.15) is 5.75 Å². The molecule has 22 heavy (non-hydrogen) atoms. The number of aliphatic hydroxyl groups is 1. The van der Waals surface area contributed by atoms with Crippen molar-refractivity contribution in [1.82, 2.24) is 4.72 Å². The number of rotatable bonds is 5. The van der Waals surface area contributed by atoms with E-state index in [0.717, 1.165) is 24.3 Å². The van der Waals surface area contributed by atoms with Gasteiger partial charge in [-0.15, -0.1) is 13.2 Å². The third-order valence-electron chi connectivity index (χ3n) is 3.12. The molecular formula is C12H14F3NO5S. The van der Waals surface area contributed by atoms with E-state index < -0.39 is 34.3 Å². The molecule has 2 N–H and O–H groups in total. The number of halogens is 3. The van der Waals surface area contributed by atoms with Gasteiger partial charge in [0.05, 0.1) is 23.6 Å². The smallest absolute Gasteiger partial charge is 0.406 e. The fourth-order valence-corrected chi connectivity index (χ4v) is 3.42. The zero-order chi connectivity index (χ0) is 16.4. The van der Waals surface area contributed by atoms with Gasteiger partial charge in [0.2, 0.25) is 10.0 Å². The molecular weight excluding hydrogens is 327 g/mol. The first-order chi connectivity index (χ1) is 10.2. The normalized spacial score (nSPS) is 22.7. The van der Waals surface area contributed by atoms with Crippen LogP contribution in [0.1, 0.15) is 6.42 Å². The Bertz CT molecular complexity index is 609. The Morgan fingerprint density at radius 2 is 1.95 bits per heavy atom. The van der Waals surface area contributed by atoms with Crippen molar-refractivity contribution in [1.29, 1.82) is 0 Å². The molecule has 2 rings (SSSR count). The van der Waals surface area contributed by atoms with Crippen LogP contribution in [-0.2, 0) is 14.8 Å². The highest BCUT2D eigenvalue weighted by Crippen LogP contribution is 2.25. The summed E-state index contributed by atoms with van der Waals surface area (Å²) in [6.07, 6.45) is -4.54. The number of aliphatic hydroxyl groups excluding tert-OH is 1. The van der Waals surface area contributed by atoms with Crippen LogP contribution in [0.5, 0.6) is 5.75 Å². The highest BCUT2D eigenvalue weighted by atomic mass is 32.2. The molecule has 0 aromatic heterocycles. The molecule has 1 atom stereocenters. The van der Waals surface area contributed by atoms with Crippen molar-refractivity contribution >= 4 is 10.0 Å². The summed E-state index contributed by atoms with van der Waals surface area (Å²) >= 11 is 0. The molecule has 1 aromatic carbocycles. The lowest BCUT2D eigenvalue weighted by molar-refractivity contribution is -0.274. The Labute approximate surface area is 124 Å². The molecule has 124 valence electrons. The van der Waals surface area contributed by atoms with Gasteiger partial charge in [-0.05, 0) is 30.7 Å². The lowest BCUT2D eigenvalue weighted by Gasteiger charge is -2.25. The quantitative estimate of drug-likeness (QED) is 0.835. The van der Waals surface area contributed by atoms with Crippen LogP contribution in [-0.4, -0.2) is 45.2 Å². The lowest BCUT2D eigenvalue weighted by atomic mass is 10.0. The summed E-state index contributed by atoms with van der Waals surface area (Å²) in [7, 11) is -4.00. The van der Waals surface area contributed by atoms with Crippen LogP contribution in [0.3, 0.4) is 0 Å². The summed E-state index contributed by atoms with van der Waals surface area (Å²) in [4.78, 5) is -0.234. The van der Waals surface area contributed by atoms with E-state index >= 15 is 0 Å². The van der Waals surface area contributed by atoms with Crippen molar-refractivity contribution in [3.8, 4) is 5.75 Å². The molecule has 1 heterocycles. The van der Waals surface area contributed by atoms with Crippen LogP contribution in [0, 0.1) is 0 Å². The number of hydrogen-bond acceptors (Lipinski definition) is 5. The molecule has 1 saturated heterocycles. The molecule has 0 saturated carbocycles. The summed E-state index contributed by atoms with van der Waals surface area (Å²) in [5.74, 6) is -0.521. The van der Waals surface area contributed by atoms with Crippen LogP contribution in [0.25, 0.3) is 0 Å². The maximum atomic E-state index is 12.2. The molecule has 1 fully saturated rings. The third-order valence-corrected chi connectivity index (χ3v) is 4.72. The molecule has 1 aliphatic heterocycles. The zero-order valence-corrected chi connectivity index (χ0v) is 12.1. The number of benzene rings is 1. The monoisotopic (exact) mass is 341 g/mol. The van der Waals surface area contributed by atoms with Gasteiger partial charge in [0, 0.05) is 6.61 Å². The second kappa shape index (κ2) is 6.03. The average molecular weight is 341 g/mol. The maximum Gasteiger partial charge on any atom is 0.573 e. The largest absolute Gasteiger partial charge is 0.573 e. The highest BCUT2D eigenvalue weighted by molar-refractivity contribution is 7.89. The maximum absolute atomic E-state index is 12.2. The Morgan fingerprint density at radius 1 is 1.32 bits per heavy atom. The molecule has 0 spiro atoms. The number of sulfonamides is 1. The first-order valence-corrected chi connectivity index (χ1v) is 7.73. The minimum Gasteiger partial charge on any atom is -0.406 e. The number of nitrogens with one attached hydrogen (secondary N) is 1. The van der Waals surface area contributed by atoms with Crippen molar-refractivity contribution in [3.63, 3.8) is 0 Å². The van der Waals surface area contributed by atoms with Gasteiger partial charge in [-0.2, -0.15) is 0 Å². The molecule has 0 amide bonds. The fourth-order valence-electron chi connectivity index (χ4n) is 2.01. The minimum absolute atomic E-state index is 0.0258. The molecule has 0 aliphatic carbocycles. The Morgan fingerprint density at radius 3 is 2.41 bits per heavy atom. The van der Waals surface area contributed by atoms with Crippen LogP contribution < -0.4 is 9.46 Å². The van der Waals surface area contributed by atoms with Crippen molar-refractivity contribution in [2.24, 2.45) is 0 Å². The van der Waals surface area contributed by atoms with E-state index in [4.69, 9.17) is 4.74 Å². The van der Waals surface area contributed by atoms with E-state index in [0.29, 0.717) is 13.0 Å². The molecule has 1 aliphatic rings. The molecule has 10 heteroatoms. The van der Waals surface area contributed by atoms with E-state index in [1.54, 1.807) is 0 Å². The molecule has 0 radical (unpaired) electrons. The van der Waals surface area contributed by atoms with Crippen LogP contribution in [0.15, 0.2) is 29.2 Å². The van der Waals surface area contributed by atoms with Gasteiger partial charge in [-0.3, -0.25) is 0 Å². The Balaban J connectivity index is 2.16. The van der Waals surface area contributed by atoms with Crippen LogP contribution >= 0.6 is 0 Å². The van der Waals surface area contributed by atoms with Crippen molar-refractivity contribution in [2.45, 2.75) is 23.2 Å². The summed E-state index contributed by atoms with van der Waals surface area (Å²) in [5.41, 5.74) is -1.11.